The van der Waals surface area contributed by atoms with Crippen molar-refractivity contribution in [1.29, 1.82) is 0 Å². The van der Waals surface area contributed by atoms with Crippen LogP contribution in [0, 0.1) is 11.8 Å². The summed E-state index contributed by atoms with van der Waals surface area (Å²) in [5.41, 5.74) is 6.60. The molecule has 2 aliphatic heterocycles. The van der Waals surface area contributed by atoms with E-state index in [0.717, 1.165) is 36.8 Å². The van der Waals surface area contributed by atoms with E-state index < -0.39 is 0 Å². The smallest absolute Gasteiger partial charge is 0.227 e. The van der Waals surface area contributed by atoms with E-state index in [9.17, 15) is 9.59 Å². The Morgan fingerprint density at radius 1 is 1.07 bits per heavy atom. The number of aromatic nitrogens is 2. The Labute approximate surface area is 175 Å². The van der Waals surface area contributed by atoms with Gasteiger partial charge in [-0.2, -0.15) is 4.37 Å². The Morgan fingerprint density at radius 2 is 1.83 bits per heavy atom. The molecule has 29 heavy (non-hydrogen) atoms. The topological polar surface area (TPSA) is 92.4 Å². The lowest BCUT2D eigenvalue weighted by atomic mass is 9.92. The van der Waals surface area contributed by atoms with Crippen molar-refractivity contribution in [3.8, 4) is 0 Å². The first-order valence-electron chi connectivity index (χ1n) is 10.3. The summed E-state index contributed by atoms with van der Waals surface area (Å²) in [6.45, 7) is 2.86. The lowest BCUT2D eigenvalue weighted by Gasteiger charge is -2.37. The van der Waals surface area contributed by atoms with Crippen LogP contribution in [-0.4, -0.2) is 52.3 Å². The summed E-state index contributed by atoms with van der Waals surface area (Å²) in [6, 6.07) is 10.2. The molecular weight excluding hydrogens is 386 g/mol. The largest absolute Gasteiger partial charge is 0.369 e. The minimum atomic E-state index is -0.247. The monoisotopic (exact) mass is 413 g/mol. The number of likely N-dealkylation sites (tertiary alicyclic amines) is 1. The first kappa shape index (κ1) is 19.8. The molecule has 0 spiro atoms. The van der Waals surface area contributed by atoms with Crippen molar-refractivity contribution >= 4 is 28.5 Å². The molecule has 0 bridgehead atoms. The molecule has 1 atom stereocenters. The Morgan fingerprint density at radius 3 is 2.55 bits per heavy atom. The van der Waals surface area contributed by atoms with Crippen LogP contribution in [0.5, 0.6) is 0 Å². The van der Waals surface area contributed by atoms with Gasteiger partial charge in [0.1, 0.15) is 5.82 Å². The van der Waals surface area contributed by atoms with Gasteiger partial charge >= 0.3 is 0 Å². The average Bonchev–Trinajstić information content (AvgIpc) is 3.22. The SMILES string of the molecule is NC(=O)C1CCN(C(=O)C2CCCN(c3nc(Cc4ccccc4)ns3)C2)CC1. The third-order valence-electron chi connectivity index (χ3n) is 5.91. The number of amides is 2. The van der Waals surface area contributed by atoms with Gasteiger partial charge in [0, 0.05) is 50.1 Å². The molecule has 2 fully saturated rings. The van der Waals surface area contributed by atoms with Crippen molar-refractivity contribution in [2.45, 2.75) is 32.1 Å². The van der Waals surface area contributed by atoms with Crippen molar-refractivity contribution in [3.63, 3.8) is 0 Å². The number of rotatable bonds is 5. The summed E-state index contributed by atoms with van der Waals surface area (Å²) in [7, 11) is 0. The molecule has 1 aromatic heterocycles. The zero-order chi connectivity index (χ0) is 20.2. The summed E-state index contributed by atoms with van der Waals surface area (Å²) in [6.07, 6.45) is 3.96. The molecule has 1 aromatic carbocycles. The first-order valence-corrected chi connectivity index (χ1v) is 11.1. The maximum absolute atomic E-state index is 13.0. The molecule has 1 unspecified atom stereocenters. The number of primary amides is 1. The van der Waals surface area contributed by atoms with Gasteiger partial charge in [0.25, 0.3) is 0 Å². The van der Waals surface area contributed by atoms with Crippen molar-refractivity contribution < 1.29 is 9.59 Å². The maximum Gasteiger partial charge on any atom is 0.227 e. The number of benzene rings is 1. The highest BCUT2D eigenvalue weighted by Gasteiger charge is 2.33. The summed E-state index contributed by atoms with van der Waals surface area (Å²) in [5, 5.41) is 0.904. The molecule has 154 valence electrons. The summed E-state index contributed by atoms with van der Waals surface area (Å²) >= 11 is 1.42. The van der Waals surface area contributed by atoms with Crippen LogP contribution in [0.2, 0.25) is 0 Å². The Hall–Kier alpha value is -2.48. The second-order valence-corrected chi connectivity index (χ2v) is 8.67. The highest BCUT2D eigenvalue weighted by Crippen LogP contribution is 2.27. The predicted molar refractivity (Wildman–Crippen MR) is 113 cm³/mol. The van der Waals surface area contributed by atoms with Gasteiger partial charge in [-0.3, -0.25) is 9.59 Å². The molecule has 3 heterocycles. The third kappa shape index (κ3) is 4.75. The zero-order valence-corrected chi connectivity index (χ0v) is 17.3. The van der Waals surface area contributed by atoms with E-state index in [1.807, 2.05) is 23.1 Å². The van der Waals surface area contributed by atoms with Crippen LogP contribution in [-0.2, 0) is 16.0 Å². The average molecular weight is 414 g/mol. The third-order valence-corrected chi connectivity index (χ3v) is 6.73. The molecule has 2 aromatic rings. The van der Waals surface area contributed by atoms with Gasteiger partial charge in [-0.25, -0.2) is 4.98 Å². The number of hydrogen-bond acceptors (Lipinski definition) is 6. The quantitative estimate of drug-likeness (QED) is 0.810. The second kappa shape index (κ2) is 8.90. The standard InChI is InChI=1S/C21H27N5O2S/c22-19(27)16-8-11-25(12-9-16)20(28)17-7-4-10-26(14-17)21-23-18(24-29-21)13-15-5-2-1-3-6-15/h1-3,5-6,16-17H,4,7-14H2,(H2,22,27). The van der Waals surface area contributed by atoms with Crippen LogP contribution >= 0.6 is 11.5 Å². The van der Waals surface area contributed by atoms with Gasteiger partial charge in [-0.05, 0) is 31.2 Å². The molecule has 2 amide bonds. The summed E-state index contributed by atoms with van der Waals surface area (Å²) < 4.78 is 4.52. The number of hydrogen-bond donors (Lipinski definition) is 1. The maximum atomic E-state index is 13.0. The van der Waals surface area contributed by atoms with E-state index in [4.69, 9.17) is 10.7 Å². The van der Waals surface area contributed by atoms with Crippen LogP contribution in [0.3, 0.4) is 0 Å². The number of piperidine rings is 2. The van der Waals surface area contributed by atoms with Crippen molar-refractivity contribution in [2.24, 2.45) is 17.6 Å². The van der Waals surface area contributed by atoms with E-state index in [1.165, 1.54) is 17.1 Å². The van der Waals surface area contributed by atoms with Crippen LogP contribution < -0.4 is 10.6 Å². The van der Waals surface area contributed by atoms with Crippen LogP contribution in [0.25, 0.3) is 0 Å². The number of carbonyl (C=O) groups excluding carboxylic acids is 2. The molecule has 2 N–H and O–H groups in total. The zero-order valence-electron chi connectivity index (χ0n) is 16.5. The molecular formula is C21H27N5O2S. The molecule has 7 nitrogen and oxygen atoms in total. The van der Waals surface area contributed by atoms with E-state index in [2.05, 4.69) is 21.4 Å². The van der Waals surface area contributed by atoms with Crippen molar-refractivity contribution in [2.75, 3.05) is 31.1 Å². The molecule has 0 saturated carbocycles. The van der Waals surface area contributed by atoms with Crippen LogP contribution in [0.4, 0.5) is 5.13 Å². The minimum Gasteiger partial charge on any atom is -0.369 e. The Balaban J connectivity index is 1.35. The molecule has 4 rings (SSSR count). The number of carbonyl (C=O) groups is 2. The van der Waals surface area contributed by atoms with Gasteiger partial charge in [-0.1, -0.05) is 30.3 Å². The van der Waals surface area contributed by atoms with Gasteiger partial charge in [0.05, 0.1) is 5.92 Å². The predicted octanol–water partition coefficient (Wildman–Crippen LogP) is 2.07. The highest BCUT2D eigenvalue weighted by atomic mass is 32.1. The molecule has 0 radical (unpaired) electrons. The van der Waals surface area contributed by atoms with Gasteiger partial charge in [-0.15, -0.1) is 0 Å². The van der Waals surface area contributed by atoms with E-state index in [-0.39, 0.29) is 23.7 Å². The first-order chi connectivity index (χ1) is 14.1. The van der Waals surface area contributed by atoms with Gasteiger partial charge < -0.3 is 15.5 Å². The molecule has 0 aliphatic carbocycles. The number of anilines is 1. The molecule has 2 aliphatic rings. The lowest BCUT2D eigenvalue weighted by Crippen LogP contribution is -2.48. The van der Waals surface area contributed by atoms with E-state index in [1.54, 1.807) is 0 Å². The van der Waals surface area contributed by atoms with Crippen LogP contribution in [0.1, 0.15) is 37.1 Å². The van der Waals surface area contributed by atoms with E-state index >= 15 is 0 Å². The van der Waals surface area contributed by atoms with Crippen molar-refractivity contribution in [3.05, 3.63) is 41.7 Å². The normalized spacial score (nSPS) is 20.6. The second-order valence-electron chi connectivity index (χ2n) is 7.94. The lowest BCUT2D eigenvalue weighted by molar-refractivity contribution is -0.138. The fraction of sp³-hybridized carbons (Fsp3) is 0.524. The molecule has 8 heteroatoms. The summed E-state index contributed by atoms with van der Waals surface area (Å²) in [4.78, 5) is 33.2. The highest BCUT2D eigenvalue weighted by molar-refractivity contribution is 7.09. The Kier molecular flexibility index (Phi) is 6.08. The fourth-order valence-corrected chi connectivity index (χ4v) is 4.94. The summed E-state index contributed by atoms with van der Waals surface area (Å²) in [5.74, 6) is 0.676. The number of nitrogens with zero attached hydrogens (tertiary/aromatic N) is 4. The van der Waals surface area contributed by atoms with E-state index in [0.29, 0.717) is 32.5 Å². The minimum absolute atomic E-state index is 0.0182. The van der Waals surface area contributed by atoms with Crippen LogP contribution in [0.15, 0.2) is 30.3 Å². The molecule has 2 saturated heterocycles. The van der Waals surface area contributed by atoms with Crippen molar-refractivity contribution in [1.82, 2.24) is 14.3 Å². The number of nitrogens with two attached hydrogens (primary N) is 1. The fourth-order valence-electron chi connectivity index (χ4n) is 4.22. The van der Waals surface area contributed by atoms with Gasteiger partial charge in [0.2, 0.25) is 16.9 Å². The van der Waals surface area contributed by atoms with Gasteiger partial charge in [0.15, 0.2) is 0 Å². The Bertz CT molecular complexity index is 848.